The minimum absolute atomic E-state index is 0.106. The number of amides is 1. The molecule has 0 radical (unpaired) electrons. The van der Waals surface area contributed by atoms with Crippen molar-refractivity contribution < 1.29 is 9.59 Å². The molecule has 3 aromatic rings. The van der Waals surface area contributed by atoms with Gasteiger partial charge < -0.3 is 4.90 Å². The molecule has 0 aliphatic carbocycles. The second-order valence-corrected chi connectivity index (χ2v) is 7.31. The lowest BCUT2D eigenvalue weighted by Crippen LogP contribution is -2.36. The molecule has 0 bridgehead atoms. The number of pyridine rings is 1. The Morgan fingerprint density at radius 3 is 2.63 bits per heavy atom. The highest BCUT2D eigenvalue weighted by Gasteiger charge is 2.32. The van der Waals surface area contributed by atoms with Crippen LogP contribution in [-0.4, -0.2) is 23.7 Å². The van der Waals surface area contributed by atoms with Crippen LogP contribution in [0.4, 0.5) is 5.69 Å². The van der Waals surface area contributed by atoms with Crippen molar-refractivity contribution in [2.24, 2.45) is 0 Å². The summed E-state index contributed by atoms with van der Waals surface area (Å²) < 4.78 is 0. The van der Waals surface area contributed by atoms with Gasteiger partial charge >= 0.3 is 0 Å². The summed E-state index contributed by atoms with van der Waals surface area (Å²) in [6.45, 7) is 0. The summed E-state index contributed by atoms with van der Waals surface area (Å²) in [5.74, 6) is 5.56. The summed E-state index contributed by atoms with van der Waals surface area (Å²) in [6, 6.07) is 16.2. The number of ketones is 1. The fourth-order valence-electron chi connectivity index (χ4n) is 3.26. The van der Waals surface area contributed by atoms with Crippen molar-refractivity contribution in [2.75, 3.05) is 11.9 Å². The van der Waals surface area contributed by atoms with Crippen molar-refractivity contribution in [1.82, 2.24) is 4.98 Å². The Balaban J connectivity index is 1.67. The zero-order valence-corrected chi connectivity index (χ0v) is 17.0. The number of hydrogen-bond donors (Lipinski definition) is 0. The minimum atomic E-state index is -0.344. The number of fused-ring (bicyclic) bond motifs is 1. The molecule has 1 amide bonds. The van der Waals surface area contributed by atoms with E-state index in [2.05, 4.69) is 16.8 Å². The van der Waals surface area contributed by atoms with Crippen LogP contribution < -0.4 is 4.90 Å². The number of carbonyl (C=O) groups is 2. The van der Waals surface area contributed by atoms with E-state index in [0.717, 1.165) is 11.1 Å². The second kappa shape index (κ2) is 8.36. The number of aromatic nitrogens is 1. The van der Waals surface area contributed by atoms with Crippen LogP contribution in [0.25, 0.3) is 6.08 Å². The largest absolute Gasteiger partial charge is 0.311 e. The van der Waals surface area contributed by atoms with E-state index < -0.39 is 0 Å². The summed E-state index contributed by atoms with van der Waals surface area (Å²) in [6.07, 6.45) is 5.63. The molecule has 146 valence electrons. The minimum Gasteiger partial charge on any atom is -0.311 e. The van der Waals surface area contributed by atoms with Gasteiger partial charge in [0, 0.05) is 42.0 Å². The quantitative estimate of drug-likeness (QED) is 0.352. The maximum Gasteiger partial charge on any atom is 0.262 e. The van der Waals surface area contributed by atoms with Crippen molar-refractivity contribution in [1.29, 1.82) is 0 Å². The fourth-order valence-corrected chi connectivity index (χ4v) is 3.46. The molecule has 0 N–H and O–H groups in total. The number of anilines is 1. The van der Waals surface area contributed by atoms with Crippen molar-refractivity contribution in [2.45, 2.75) is 6.42 Å². The van der Waals surface area contributed by atoms with Crippen LogP contribution in [0.5, 0.6) is 0 Å². The molecule has 1 aromatic heterocycles. The van der Waals surface area contributed by atoms with Crippen molar-refractivity contribution in [3.8, 4) is 11.8 Å². The maximum absolute atomic E-state index is 13.1. The third-order valence-electron chi connectivity index (χ3n) is 4.82. The first-order valence-electron chi connectivity index (χ1n) is 9.35. The van der Waals surface area contributed by atoms with Crippen molar-refractivity contribution >= 4 is 35.1 Å². The SMILES string of the molecule is CN1C(=O)/C(=C/c2cccc(Cl)c2)C(=O)c2cc(C#CCc3ccncc3)ccc21. The topological polar surface area (TPSA) is 50.3 Å². The number of nitrogens with zero attached hydrogens (tertiary/aromatic N) is 2. The molecule has 5 heteroatoms. The highest BCUT2D eigenvalue weighted by molar-refractivity contribution is 6.36. The predicted octanol–water partition coefficient (Wildman–Crippen LogP) is 4.57. The van der Waals surface area contributed by atoms with E-state index in [-0.39, 0.29) is 17.3 Å². The Bertz CT molecular complexity index is 1240. The van der Waals surface area contributed by atoms with Gasteiger partial charge in [0.05, 0.1) is 11.3 Å². The first-order valence-corrected chi connectivity index (χ1v) is 9.72. The Morgan fingerprint density at radius 1 is 1.07 bits per heavy atom. The molecule has 1 aliphatic heterocycles. The number of halogens is 1. The van der Waals surface area contributed by atoms with Gasteiger partial charge in [0.1, 0.15) is 0 Å². The van der Waals surface area contributed by atoms with E-state index in [9.17, 15) is 9.59 Å². The van der Waals surface area contributed by atoms with Crippen molar-refractivity contribution in [3.63, 3.8) is 0 Å². The Morgan fingerprint density at radius 2 is 1.87 bits per heavy atom. The van der Waals surface area contributed by atoms with E-state index in [4.69, 9.17) is 11.6 Å². The molecule has 0 spiro atoms. The standard InChI is InChI=1S/C25H17ClN2O2/c1-28-23-9-8-18(5-2-4-17-10-12-27-13-11-17)15-21(23)24(29)22(25(28)30)16-19-6-3-7-20(26)14-19/h3,6-16H,4H2,1H3/b22-16+. The van der Waals surface area contributed by atoms with Crippen LogP contribution in [-0.2, 0) is 11.2 Å². The normalized spacial score (nSPS) is 14.3. The highest BCUT2D eigenvalue weighted by Crippen LogP contribution is 2.31. The van der Waals surface area contributed by atoms with Gasteiger partial charge in [-0.15, -0.1) is 0 Å². The zero-order valence-electron chi connectivity index (χ0n) is 16.2. The van der Waals surface area contributed by atoms with Gasteiger partial charge in [-0.25, -0.2) is 0 Å². The summed E-state index contributed by atoms with van der Waals surface area (Å²) in [4.78, 5) is 31.4. The number of benzene rings is 2. The molecule has 30 heavy (non-hydrogen) atoms. The maximum atomic E-state index is 13.1. The summed E-state index contributed by atoms with van der Waals surface area (Å²) in [5, 5.41) is 0.542. The van der Waals surface area contributed by atoms with E-state index in [1.807, 2.05) is 18.2 Å². The monoisotopic (exact) mass is 412 g/mol. The Kier molecular flexibility index (Phi) is 5.47. The Hall–Kier alpha value is -3.68. The van der Waals surface area contributed by atoms with E-state index in [1.54, 1.807) is 61.9 Å². The number of carbonyl (C=O) groups excluding carboxylic acids is 2. The van der Waals surface area contributed by atoms with Gasteiger partial charge in [0.2, 0.25) is 5.78 Å². The van der Waals surface area contributed by atoms with Crippen LogP contribution in [0.15, 0.2) is 72.6 Å². The molecular formula is C25H17ClN2O2. The molecule has 2 aromatic carbocycles. The third kappa shape index (κ3) is 4.03. The third-order valence-corrected chi connectivity index (χ3v) is 5.05. The summed E-state index contributed by atoms with van der Waals surface area (Å²) >= 11 is 6.03. The smallest absolute Gasteiger partial charge is 0.262 e. The van der Waals surface area contributed by atoms with E-state index in [0.29, 0.717) is 28.3 Å². The van der Waals surface area contributed by atoms with Crippen LogP contribution in [0.1, 0.15) is 27.0 Å². The number of rotatable bonds is 2. The zero-order chi connectivity index (χ0) is 21.1. The van der Waals surface area contributed by atoms with Gasteiger partial charge in [-0.2, -0.15) is 0 Å². The molecule has 0 unspecified atom stereocenters. The number of likely N-dealkylation sites (N-methyl/N-ethyl adjacent to an activating group) is 1. The van der Waals surface area contributed by atoms with Gasteiger partial charge in [-0.3, -0.25) is 14.6 Å². The first kappa shape index (κ1) is 19.6. The second-order valence-electron chi connectivity index (χ2n) is 6.87. The van der Waals surface area contributed by atoms with Gasteiger partial charge in [0.15, 0.2) is 0 Å². The molecule has 0 atom stereocenters. The summed E-state index contributed by atoms with van der Waals surface area (Å²) in [5.41, 5.74) is 3.64. The molecule has 0 saturated heterocycles. The number of Topliss-reactive ketones (excluding diaryl/α,β-unsaturated/α-hetero) is 1. The van der Waals surface area contributed by atoms with Crippen LogP contribution in [0.3, 0.4) is 0 Å². The number of hydrogen-bond acceptors (Lipinski definition) is 3. The first-order chi connectivity index (χ1) is 14.5. The van der Waals surface area contributed by atoms with Crippen LogP contribution >= 0.6 is 11.6 Å². The molecular weight excluding hydrogens is 396 g/mol. The lowest BCUT2D eigenvalue weighted by molar-refractivity contribution is -0.114. The molecule has 0 saturated carbocycles. The van der Waals surface area contributed by atoms with Gasteiger partial charge in [-0.1, -0.05) is 35.6 Å². The molecule has 4 nitrogen and oxygen atoms in total. The predicted molar refractivity (Wildman–Crippen MR) is 118 cm³/mol. The van der Waals surface area contributed by atoms with Crippen LogP contribution in [0, 0.1) is 11.8 Å². The van der Waals surface area contributed by atoms with E-state index >= 15 is 0 Å². The lowest BCUT2D eigenvalue weighted by atomic mass is 9.92. The molecule has 4 rings (SSSR count). The Labute approximate surface area is 179 Å². The summed E-state index contributed by atoms with van der Waals surface area (Å²) in [7, 11) is 1.66. The molecule has 1 aliphatic rings. The average molecular weight is 413 g/mol. The highest BCUT2D eigenvalue weighted by atomic mass is 35.5. The van der Waals surface area contributed by atoms with Crippen molar-refractivity contribution in [3.05, 3.63) is 99.8 Å². The lowest BCUT2D eigenvalue weighted by Gasteiger charge is -2.26. The molecule has 0 fully saturated rings. The van der Waals surface area contributed by atoms with Gasteiger partial charge in [0.25, 0.3) is 5.91 Å². The fraction of sp³-hybridized carbons (Fsp3) is 0.0800. The van der Waals surface area contributed by atoms with Gasteiger partial charge in [-0.05, 0) is 59.7 Å². The average Bonchev–Trinajstić information content (AvgIpc) is 2.76. The van der Waals surface area contributed by atoms with E-state index in [1.165, 1.54) is 4.90 Å². The molecule has 2 heterocycles. The van der Waals surface area contributed by atoms with Crippen LogP contribution in [0.2, 0.25) is 5.02 Å².